The van der Waals surface area contributed by atoms with E-state index in [0.29, 0.717) is 20.6 Å². The summed E-state index contributed by atoms with van der Waals surface area (Å²) in [6.07, 6.45) is 0. The fraction of sp³-hybridized carbons (Fsp3) is 0.200. The van der Waals surface area contributed by atoms with Gasteiger partial charge in [-0.05, 0) is 30.7 Å². The molecule has 0 aliphatic carbocycles. The highest BCUT2D eigenvalue weighted by molar-refractivity contribution is 8.11. The van der Waals surface area contributed by atoms with Crippen LogP contribution in [-0.4, -0.2) is 33.3 Å². The molecule has 0 saturated carbocycles. The van der Waals surface area contributed by atoms with Gasteiger partial charge in [-0.3, -0.25) is 9.59 Å². The number of imide groups is 1. The molecular weight excluding hydrogens is 354 g/mol. The molecule has 116 valence electrons. The Labute approximate surface area is 145 Å². The predicted molar refractivity (Wildman–Crippen MR) is 93.7 cm³/mol. The van der Waals surface area contributed by atoms with E-state index in [1.54, 1.807) is 12.1 Å². The van der Waals surface area contributed by atoms with E-state index < -0.39 is 0 Å². The third-order valence-electron chi connectivity index (χ3n) is 3.64. The van der Waals surface area contributed by atoms with Crippen molar-refractivity contribution in [2.45, 2.75) is 6.92 Å². The van der Waals surface area contributed by atoms with Crippen LogP contribution in [0.3, 0.4) is 0 Å². The van der Waals surface area contributed by atoms with Crippen molar-refractivity contribution in [3.63, 3.8) is 0 Å². The fourth-order valence-electron chi connectivity index (χ4n) is 2.59. The Kier molecular flexibility index (Phi) is 3.59. The molecule has 0 saturated heterocycles. The van der Waals surface area contributed by atoms with Crippen molar-refractivity contribution in [3.8, 4) is 0 Å². The van der Waals surface area contributed by atoms with Gasteiger partial charge in [0, 0.05) is 16.9 Å². The molecule has 0 radical (unpaired) electrons. The Bertz CT molecular complexity index is 885. The van der Waals surface area contributed by atoms with Crippen molar-refractivity contribution in [1.82, 2.24) is 9.97 Å². The molecule has 0 bridgehead atoms. The van der Waals surface area contributed by atoms with Gasteiger partial charge in [0.2, 0.25) is 0 Å². The van der Waals surface area contributed by atoms with Crippen LogP contribution in [0.4, 0.5) is 5.82 Å². The molecule has 23 heavy (non-hydrogen) atoms. The maximum absolute atomic E-state index is 12.5. The minimum absolute atomic E-state index is 0.289. The molecule has 0 fully saturated rings. The van der Waals surface area contributed by atoms with Crippen LogP contribution in [0.2, 0.25) is 5.15 Å². The minimum atomic E-state index is -0.298. The minimum Gasteiger partial charge on any atom is -0.267 e. The highest BCUT2D eigenvalue weighted by atomic mass is 35.5. The molecule has 2 aliphatic heterocycles. The summed E-state index contributed by atoms with van der Waals surface area (Å²) >= 11 is 8.85. The van der Waals surface area contributed by atoms with E-state index in [2.05, 4.69) is 9.97 Å². The third-order valence-corrected chi connectivity index (χ3v) is 6.37. The van der Waals surface area contributed by atoms with Crippen LogP contribution in [-0.2, 0) is 9.59 Å². The fourth-order valence-corrected chi connectivity index (χ4v) is 5.12. The Hall–Kier alpha value is -1.57. The lowest BCUT2D eigenvalue weighted by molar-refractivity contribution is -0.120. The predicted octanol–water partition coefficient (Wildman–Crippen LogP) is 3.16. The summed E-state index contributed by atoms with van der Waals surface area (Å²) in [7, 11) is 0. The summed E-state index contributed by atoms with van der Waals surface area (Å²) in [6.45, 7) is 1.91. The van der Waals surface area contributed by atoms with Crippen LogP contribution in [0.25, 0.3) is 11.0 Å². The molecule has 2 amide bonds. The number of nitrogens with zero attached hydrogens (tertiary/aromatic N) is 3. The van der Waals surface area contributed by atoms with Crippen LogP contribution >= 0.6 is 35.1 Å². The number of carbonyl (C=O) groups excluding carboxylic acids is 2. The van der Waals surface area contributed by atoms with Crippen molar-refractivity contribution in [2.24, 2.45) is 0 Å². The van der Waals surface area contributed by atoms with Gasteiger partial charge in [-0.25, -0.2) is 14.9 Å². The number of amides is 2. The van der Waals surface area contributed by atoms with Gasteiger partial charge in [0.05, 0.1) is 9.81 Å². The van der Waals surface area contributed by atoms with Gasteiger partial charge in [0.1, 0.15) is 11.0 Å². The molecule has 4 heterocycles. The van der Waals surface area contributed by atoms with Crippen LogP contribution in [0.5, 0.6) is 0 Å². The van der Waals surface area contributed by atoms with E-state index in [4.69, 9.17) is 11.6 Å². The molecular formula is C15H10ClN3O2S2. The van der Waals surface area contributed by atoms with Gasteiger partial charge in [-0.1, -0.05) is 11.6 Å². The maximum atomic E-state index is 12.5. The molecule has 0 atom stereocenters. The Morgan fingerprint density at radius 1 is 1.09 bits per heavy atom. The zero-order chi connectivity index (χ0) is 16.1. The number of rotatable bonds is 1. The zero-order valence-electron chi connectivity index (χ0n) is 12.0. The molecule has 2 aromatic rings. The van der Waals surface area contributed by atoms with E-state index in [-0.39, 0.29) is 17.6 Å². The van der Waals surface area contributed by atoms with E-state index in [9.17, 15) is 9.59 Å². The number of hydrogen-bond donors (Lipinski definition) is 0. The second kappa shape index (κ2) is 5.51. The molecule has 0 spiro atoms. The number of fused-ring (bicyclic) bond motifs is 1. The number of anilines is 1. The number of halogens is 1. The lowest BCUT2D eigenvalue weighted by atomic mass is 10.2. The summed E-state index contributed by atoms with van der Waals surface area (Å²) in [4.78, 5) is 35.9. The summed E-state index contributed by atoms with van der Waals surface area (Å²) in [5.41, 5.74) is 1.37. The average molecular weight is 364 g/mol. The number of carbonyl (C=O) groups is 2. The molecule has 0 unspecified atom stereocenters. The molecule has 5 nitrogen and oxygen atoms in total. The van der Waals surface area contributed by atoms with Gasteiger partial charge in [0.25, 0.3) is 11.8 Å². The van der Waals surface area contributed by atoms with Gasteiger partial charge in [-0.15, -0.1) is 23.5 Å². The van der Waals surface area contributed by atoms with E-state index in [1.807, 2.05) is 13.0 Å². The third kappa shape index (κ3) is 2.34. The number of pyridine rings is 2. The van der Waals surface area contributed by atoms with E-state index in [0.717, 1.165) is 27.4 Å². The maximum Gasteiger partial charge on any atom is 0.274 e. The molecule has 2 aromatic heterocycles. The molecule has 0 N–H and O–H groups in total. The van der Waals surface area contributed by atoms with Crippen molar-refractivity contribution in [2.75, 3.05) is 16.4 Å². The number of aromatic nitrogens is 2. The first-order valence-electron chi connectivity index (χ1n) is 6.89. The van der Waals surface area contributed by atoms with Crippen molar-refractivity contribution in [1.29, 1.82) is 0 Å². The first-order valence-corrected chi connectivity index (χ1v) is 9.24. The molecule has 2 aliphatic rings. The van der Waals surface area contributed by atoms with Gasteiger partial charge in [-0.2, -0.15) is 0 Å². The topological polar surface area (TPSA) is 63.2 Å². The normalized spacial score (nSPS) is 18.1. The van der Waals surface area contributed by atoms with Crippen molar-refractivity contribution in [3.05, 3.63) is 38.7 Å². The Morgan fingerprint density at radius 3 is 2.39 bits per heavy atom. The number of hydrogen-bond acceptors (Lipinski definition) is 6. The van der Waals surface area contributed by atoms with Crippen LogP contribution in [0.1, 0.15) is 5.56 Å². The smallest absolute Gasteiger partial charge is 0.267 e. The van der Waals surface area contributed by atoms with Crippen LogP contribution in [0, 0.1) is 6.92 Å². The first kappa shape index (κ1) is 15.0. The SMILES string of the molecule is Cc1cc(Cl)nc2nc(N3C(=O)C4=C(SCCS4)C3=O)ccc12. The van der Waals surface area contributed by atoms with Gasteiger partial charge < -0.3 is 0 Å². The number of aryl methyl sites for hydroxylation is 1. The zero-order valence-corrected chi connectivity index (χ0v) is 14.4. The highest BCUT2D eigenvalue weighted by Gasteiger charge is 2.41. The second-order valence-corrected chi connectivity index (χ2v) is 7.70. The summed E-state index contributed by atoms with van der Waals surface area (Å²) < 4.78 is 0. The van der Waals surface area contributed by atoms with Crippen molar-refractivity contribution >= 4 is 63.8 Å². The molecule has 0 aromatic carbocycles. The second-order valence-electron chi connectivity index (χ2n) is 5.10. The largest absolute Gasteiger partial charge is 0.274 e. The average Bonchev–Trinajstić information content (AvgIpc) is 2.78. The van der Waals surface area contributed by atoms with E-state index >= 15 is 0 Å². The number of thioether (sulfide) groups is 2. The quantitative estimate of drug-likeness (QED) is 0.573. The van der Waals surface area contributed by atoms with Gasteiger partial charge >= 0.3 is 0 Å². The molecule has 8 heteroatoms. The van der Waals surface area contributed by atoms with E-state index in [1.165, 1.54) is 23.5 Å². The van der Waals surface area contributed by atoms with Gasteiger partial charge in [0.15, 0.2) is 5.65 Å². The van der Waals surface area contributed by atoms with Crippen molar-refractivity contribution < 1.29 is 9.59 Å². The monoisotopic (exact) mass is 363 g/mol. The lowest BCUT2D eigenvalue weighted by Crippen LogP contribution is -2.31. The highest BCUT2D eigenvalue weighted by Crippen LogP contribution is 2.42. The Balaban J connectivity index is 1.81. The summed E-state index contributed by atoms with van der Waals surface area (Å²) in [5, 5.41) is 1.18. The lowest BCUT2D eigenvalue weighted by Gasteiger charge is -2.14. The molecule has 4 rings (SSSR count). The Morgan fingerprint density at radius 2 is 1.74 bits per heavy atom. The first-order chi connectivity index (χ1) is 11.1. The standard InChI is InChI=1S/C15H10ClN3O2S2/c1-7-6-9(16)17-13-8(7)2-3-10(18-13)19-14(20)11-12(15(19)21)23-5-4-22-11/h2-3,6H,4-5H2,1H3. The van der Waals surface area contributed by atoms with Crippen LogP contribution < -0.4 is 4.90 Å². The summed E-state index contributed by atoms with van der Waals surface area (Å²) in [5.74, 6) is 1.35. The van der Waals surface area contributed by atoms with Crippen LogP contribution in [0.15, 0.2) is 28.0 Å². The summed E-state index contributed by atoms with van der Waals surface area (Å²) in [6, 6.07) is 5.24.